The summed E-state index contributed by atoms with van der Waals surface area (Å²) in [6.07, 6.45) is 0. The van der Waals surface area contributed by atoms with E-state index < -0.39 is 0 Å². The van der Waals surface area contributed by atoms with Crippen LogP contribution in [0.3, 0.4) is 0 Å². The molecule has 3 rings (SSSR count). The molecule has 8 heteroatoms. The summed E-state index contributed by atoms with van der Waals surface area (Å²) in [4.78, 5) is 21.1. The summed E-state index contributed by atoms with van der Waals surface area (Å²) in [5.74, 6) is -0.153. The Morgan fingerprint density at radius 3 is 2.60 bits per heavy atom. The number of nitrogens with one attached hydrogen (secondary N) is 1. The largest absolute Gasteiger partial charge is 0.383 e. The second kappa shape index (κ2) is 8.51. The van der Waals surface area contributed by atoms with Crippen LogP contribution < -0.4 is 15.1 Å². The molecule has 6 nitrogen and oxygen atoms in total. The van der Waals surface area contributed by atoms with Gasteiger partial charge in [0.25, 0.3) is 5.91 Å². The maximum absolute atomic E-state index is 12.0. The molecular weight excluding hydrogens is 360 g/mol. The summed E-state index contributed by atoms with van der Waals surface area (Å²) in [7, 11) is 1.61. The highest BCUT2D eigenvalue weighted by Gasteiger charge is 2.21. The first-order valence-electron chi connectivity index (χ1n) is 8.15. The number of hydrogen-bond acceptors (Lipinski definition) is 6. The molecule has 0 unspecified atom stereocenters. The molecule has 1 aliphatic rings. The van der Waals surface area contributed by atoms with Gasteiger partial charge in [0.15, 0.2) is 5.13 Å². The first kappa shape index (κ1) is 18.0. The second-order valence-electron chi connectivity index (χ2n) is 5.71. The lowest BCUT2D eigenvalue weighted by molar-refractivity contribution is 0.0933. The van der Waals surface area contributed by atoms with Gasteiger partial charge in [-0.1, -0.05) is 11.6 Å². The molecule has 2 heterocycles. The van der Waals surface area contributed by atoms with Crippen molar-refractivity contribution in [2.24, 2.45) is 0 Å². The van der Waals surface area contributed by atoms with E-state index in [-0.39, 0.29) is 5.91 Å². The zero-order chi connectivity index (χ0) is 17.6. The van der Waals surface area contributed by atoms with Gasteiger partial charge in [-0.25, -0.2) is 4.98 Å². The number of ether oxygens (including phenoxy) is 1. The summed E-state index contributed by atoms with van der Waals surface area (Å²) in [6, 6.07) is 7.92. The standard InChI is InChI=1S/C17H21ClN4O2S/c1-24-11-6-19-16(23)15-12-25-17(20-15)22-9-7-21(8-10-22)14-4-2-13(18)3-5-14/h2-5,12H,6-11H2,1H3,(H,19,23). The van der Waals surface area contributed by atoms with Crippen molar-refractivity contribution in [3.05, 3.63) is 40.4 Å². The van der Waals surface area contributed by atoms with Crippen molar-refractivity contribution in [2.75, 3.05) is 56.2 Å². The maximum atomic E-state index is 12.0. The zero-order valence-electron chi connectivity index (χ0n) is 14.1. The van der Waals surface area contributed by atoms with E-state index in [4.69, 9.17) is 16.3 Å². The number of hydrogen-bond donors (Lipinski definition) is 1. The van der Waals surface area contributed by atoms with Crippen molar-refractivity contribution < 1.29 is 9.53 Å². The van der Waals surface area contributed by atoms with Crippen molar-refractivity contribution in [1.82, 2.24) is 10.3 Å². The predicted octanol–water partition coefficient (Wildman–Crippen LogP) is 2.50. The Morgan fingerprint density at radius 2 is 1.92 bits per heavy atom. The Balaban J connectivity index is 1.54. The van der Waals surface area contributed by atoms with Crippen LogP contribution in [0.25, 0.3) is 0 Å². The van der Waals surface area contributed by atoms with Crippen LogP contribution in [0.15, 0.2) is 29.6 Å². The average molecular weight is 381 g/mol. The van der Waals surface area contributed by atoms with Gasteiger partial charge in [0.05, 0.1) is 6.61 Å². The van der Waals surface area contributed by atoms with Crippen LogP contribution in [-0.4, -0.2) is 57.3 Å². The molecule has 0 spiro atoms. The molecule has 0 atom stereocenters. The number of nitrogens with zero attached hydrogens (tertiary/aromatic N) is 3. The number of carbonyl (C=O) groups is 1. The third-order valence-electron chi connectivity index (χ3n) is 4.06. The highest BCUT2D eigenvalue weighted by Crippen LogP contribution is 2.24. The highest BCUT2D eigenvalue weighted by molar-refractivity contribution is 7.13. The Hall–Kier alpha value is -1.83. The SMILES string of the molecule is COCCNC(=O)c1csc(N2CCN(c3ccc(Cl)cc3)CC2)n1. The van der Waals surface area contributed by atoms with Gasteiger partial charge in [-0.05, 0) is 24.3 Å². The average Bonchev–Trinajstić information content (AvgIpc) is 3.13. The summed E-state index contributed by atoms with van der Waals surface area (Å²) >= 11 is 7.46. The molecule has 1 N–H and O–H groups in total. The van der Waals surface area contributed by atoms with Crippen molar-refractivity contribution in [3.63, 3.8) is 0 Å². The van der Waals surface area contributed by atoms with Crippen molar-refractivity contribution in [1.29, 1.82) is 0 Å². The van der Waals surface area contributed by atoms with Crippen LogP contribution in [0, 0.1) is 0 Å². The van der Waals surface area contributed by atoms with Gasteiger partial charge in [0, 0.05) is 55.9 Å². The molecular formula is C17H21ClN4O2S. The first-order chi connectivity index (χ1) is 12.2. The summed E-state index contributed by atoms with van der Waals surface area (Å²) < 4.78 is 4.93. The van der Waals surface area contributed by atoms with E-state index in [0.29, 0.717) is 18.8 Å². The van der Waals surface area contributed by atoms with E-state index in [1.807, 2.05) is 29.6 Å². The molecule has 1 aromatic heterocycles. The lowest BCUT2D eigenvalue weighted by atomic mass is 10.2. The first-order valence-corrected chi connectivity index (χ1v) is 9.41. The molecule has 0 saturated carbocycles. The fourth-order valence-electron chi connectivity index (χ4n) is 2.68. The highest BCUT2D eigenvalue weighted by atomic mass is 35.5. The number of rotatable bonds is 6. The molecule has 0 bridgehead atoms. The minimum atomic E-state index is -0.153. The lowest BCUT2D eigenvalue weighted by Crippen LogP contribution is -2.46. The number of amides is 1. The molecule has 1 aromatic carbocycles. The number of piperazine rings is 1. The summed E-state index contributed by atoms with van der Waals surface area (Å²) in [5, 5.41) is 6.25. The quantitative estimate of drug-likeness (QED) is 0.780. The van der Waals surface area contributed by atoms with E-state index in [1.165, 1.54) is 17.0 Å². The van der Waals surface area contributed by atoms with Crippen molar-refractivity contribution in [3.8, 4) is 0 Å². The fourth-order valence-corrected chi connectivity index (χ4v) is 3.66. The van der Waals surface area contributed by atoms with Gasteiger partial charge >= 0.3 is 0 Å². The van der Waals surface area contributed by atoms with E-state index in [0.717, 1.165) is 36.3 Å². The lowest BCUT2D eigenvalue weighted by Gasteiger charge is -2.36. The van der Waals surface area contributed by atoms with E-state index in [1.54, 1.807) is 7.11 Å². The topological polar surface area (TPSA) is 57.7 Å². The Kier molecular flexibility index (Phi) is 6.12. The van der Waals surface area contributed by atoms with Gasteiger partial charge in [-0.15, -0.1) is 11.3 Å². The van der Waals surface area contributed by atoms with Crippen molar-refractivity contribution >= 4 is 39.7 Å². The number of aromatic nitrogens is 1. The molecule has 25 heavy (non-hydrogen) atoms. The van der Waals surface area contributed by atoms with Gasteiger partial charge < -0.3 is 19.9 Å². The van der Waals surface area contributed by atoms with E-state index >= 15 is 0 Å². The van der Waals surface area contributed by atoms with Crippen LogP contribution in [0.4, 0.5) is 10.8 Å². The monoisotopic (exact) mass is 380 g/mol. The molecule has 2 aromatic rings. The Bertz CT molecular complexity index is 699. The van der Waals surface area contributed by atoms with E-state index in [9.17, 15) is 4.79 Å². The third-order valence-corrected chi connectivity index (χ3v) is 5.21. The van der Waals surface area contributed by atoms with Gasteiger partial charge in [0.2, 0.25) is 0 Å². The summed E-state index contributed by atoms with van der Waals surface area (Å²) in [5.41, 5.74) is 1.65. The predicted molar refractivity (Wildman–Crippen MR) is 102 cm³/mol. The Morgan fingerprint density at radius 1 is 1.24 bits per heavy atom. The zero-order valence-corrected chi connectivity index (χ0v) is 15.6. The molecule has 0 radical (unpaired) electrons. The van der Waals surface area contributed by atoms with E-state index in [2.05, 4.69) is 20.1 Å². The number of thiazole rings is 1. The molecule has 0 aliphatic carbocycles. The molecule has 1 aliphatic heterocycles. The second-order valence-corrected chi connectivity index (χ2v) is 6.99. The minimum Gasteiger partial charge on any atom is -0.383 e. The molecule has 1 amide bonds. The fraction of sp³-hybridized carbons (Fsp3) is 0.412. The van der Waals surface area contributed by atoms with Crippen LogP contribution in [0.2, 0.25) is 5.02 Å². The number of carbonyl (C=O) groups excluding carboxylic acids is 1. The van der Waals surface area contributed by atoms with Crippen molar-refractivity contribution in [2.45, 2.75) is 0 Å². The normalized spacial score (nSPS) is 14.6. The number of methoxy groups -OCH3 is 1. The molecule has 1 saturated heterocycles. The smallest absolute Gasteiger partial charge is 0.270 e. The van der Waals surface area contributed by atoms with Gasteiger partial charge in [-0.2, -0.15) is 0 Å². The van der Waals surface area contributed by atoms with Gasteiger partial charge in [-0.3, -0.25) is 4.79 Å². The minimum absolute atomic E-state index is 0.153. The summed E-state index contributed by atoms with van der Waals surface area (Å²) in [6.45, 7) is 4.56. The van der Waals surface area contributed by atoms with Crippen LogP contribution >= 0.6 is 22.9 Å². The molecule has 1 fully saturated rings. The van der Waals surface area contributed by atoms with Crippen LogP contribution in [0.1, 0.15) is 10.5 Å². The van der Waals surface area contributed by atoms with Crippen LogP contribution in [-0.2, 0) is 4.74 Å². The number of benzene rings is 1. The third kappa shape index (κ3) is 4.62. The van der Waals surface area contributed by atoms with Gasteiger partial charge in [0.1, 0.15) is 5.69 Å². The van der Waals surface area contributed by atoms with Crippen LogP contribution in [0.5, 0.6) is 0 Å². The number of anilines is 2. The maximum Gasteiger partial charge on any atom is 0.270 e. The number of halogens is 1. The molecule has 134 valence electrons. The Labute approximate surface area is 156 Å².